The summed E-state index contributed by atoms with van der Waals surface area (Å²) in [6.45, 7) is 0.351. The van der Waals surface area contributed by atoms with Crippen LogP contribution in [0.25, 0.3) is 0 Å². The van der Waals surface area contributed by atoms with Crippen LogP contribution < -0.4 is 10.2 Å². The second-order valence-electron chi connectivity index (χ2n) is 6.58. The summed E-state index contributed by atoms with van der Waals surface area (Å²) >= 11 is 6.12. The van der Waals surface area contributed by atoms with Crippen molar-refractivity contribution in [1.29, 1.82) is 0 Å². The maximum Gasteiger partial charge on any atom is 0.312 e. The van der Waals surface area contributed by atoms with Crippen LogP contribution in [-0.2, 0) is 27.4 Å². The first-order valence-corrected chi connectivity index (χ1v) is 8.85. The number of hydroxylamine groups is 1. The highest BCUT2D eigenvalue weighted by Gasteiger charge is 2.64. The van der Waals surface area contributed by atoms with Crippen molar-refractivity contribution in [2.75, 3.05) is 7.11 Å². The van der Waals surface area contributed by atoms with Gasteiger partial charge >= 0.3 is 5.97 Å². The average Bonchev–Trinajstić information content (AvgIpc) is 3.42. The molecular weight excluding hydrogens is 370 g/mol. The third-order valence-electron chi connectivity index (χ3n) is 4.89. The van der Waals surface area contributed by atoms with Gasteiger partial charge in [-0.3, -0.25) is 14.8 Å². The Morgan fingerprint density at radius 3 is 2.56 bits per heavy atom. The lowest BCUT2D eigenvalue weighted by atomic mass is 9.93. The summed E-state index contributed by atoms with van der Waals surface area (Å²) in [6.07, 6.45) is 0.694. The Morgan fingerprint density at radius 2 is 1.93 bits per heavy atom. The SMILES string of the molecule is COC(=O)C1(Cc2ccc(OCc3ccccc3Cl)cc2)CC1C(=O)NO. The van der Waals surface area contributed by atoms with Crippen LogP contribution in [0.1, 0.15) is 17.5 Å². The van der Waals surface area contributed by atoms with Crippen LogP contribution in [0.5, 0.6) is 5.75 Å². The highest BCUT2D eigenvalue weighted by molar-refractivity contribution is 6.31. The van der Waals surface area contributed by atoms with Crippen molar-refractivity contribution in [1.82, 2.24) is 5.48 Å². The number of carbonyl (C=O) groups excluding carboxylic acids is 2. The average molecular weight is 390 g/mol. The zero-order valence-electron chi connectivity index (χ0n) is 14.8. The third-order valence-corrected chi connectivity index (χ3v) is 5.26. The molecule has 6 nitrogen and oxygen atoms in total. The summed E-state index contributed by atoms with van der Waals surface area (Å²) in [6, 6.07) is 14.8. The Labute approximate surface area is 162 Å². The highest BCUT2D eigenvalue weighted by Crippen LogP contribution is 2.55. The fourth-order valence-electron chi connectivity index (χ4n) is 3.27. The molecule has 2 unspecified atom stereocenters. The molecule has 1 amide bonds. The number of rotatable bonds is 7. The van der Waals surface area contributed by atoms with E-state index in [-0.39, 0.29) is 0 Å². The largest absolute Gasteiger partial charge is 0.489 e. The minimum atomic E-state index is -0.929. The maximum absolute atomic E-state index is 12.2. The first kappa shape index (κ1) is 19.2. The van der Waals surface area contributed by atoms with Crippen molar-refractivity contribution in [3.05, 3.63) is 64.7 Å². The van der Waals surface area contributed by atoms with Gasteiger partial charge in [0, 0.05) is 10.6 Å². The van der Waals surface area contributed by atoms with E-state index in [4.69, 9.17) is 26.3 Å². The number of ether oxygens (including phenoxy) is 2. The van der Waals surface area contributed by atoms with Crippen LogP contribution in [0.4, 0.5) is 0 Å². The summed E-state index contributed by atoms with van der Waals surface area (Å²) in [7, 11) is 1.29. The number of nitrogens with one attached hydrogen (secondary N) is 1. The Kier molecular flexibility index (Phi) is 5.68. The standard InChI is InChI=1S/C20H20ClNO5/c1-26-19(24)20(11-16(20)18(23)22-25)10-13-6-8-15(9-7-13)27-12-14-4-2-3-5-17(14)21/h2-9,16,25H,10-12H2,1H3,(H,22,23). The number of hydrogen-bond acceptors (Lipinski definition) is 5. The van der Waals surface area contributed by atoms with Gasteiger partial charge in [0.2, 0.25) is 5.91 Å². The van der Waals surface area contributed by atoms with E-state index in [1.807, 2.05) is 36.4 Å². The van der Waals surface area contributed by atoms with Crippen LogP contribution in [0.2, 0.25) is 5.02 Å². The molecule has 0 heterocycles. The summed E-state index contributed by atoms with van der Waals surface area (Å²) in [5.74, 6) is -0.937. The second kappa shape index (κ2) is 7.98. The van der Waals surface area contributed by atoms with Gasteiger partial charge in [-0.05, 0) is 36.6 Å². The van der Waals surface area contributed by atoms with Gasteiger partial charge in [0.15, 0.2) is 0 Å². The monoisotopic (exact) mass is 389 g/mol. The van der Waals surface area contributed by atoms with Gasteiger partial charge in [-0.25, -0.2) is 5.48 Å². The molecule has 0 spiro atoms. The lowest BCUT2D eigenvalue weighted by molar-refractivity contribution is -0.149. The van der Waals surface area contributed by atoms with Gasteiger partial charge in [-0.1, -0.05) is 41.9 Å². The van der Waals surface area contributed by atoms with Crippen LogP contribution in [-0.4, -0.2) is 24.2 Å². The van der Waals surface area contributed by atoms with E-state index in [1.54, 1.807) is 17.6 Å². The summed E-state index contributed by atoms with van der Waals surface area (Å²) < 4.78 is 10.6. The molecule has 1 saturated carbocycles. The zero-order chi connectivity index (χ0) is 19.4. The van der Waals surface area contributed by atoms with Gasteiger partial charge < -0.3 is 9.47 Å². The molecule has 1 aliphatic carbocycles. The van der Waals surface area contributed by atoms with E-state index in [9.17, 15) is 9.59 Å². The Balaban J connectivity index is 1.65. The minimum absolute atomic E-state index is 0.344. The van der Waals surface area contributed by atoms with E-state index in [1.165, 1.54) is 7.11 Å². The highest BCUT2D eigenvalue weighted by atomic mass is 35.5. The second-order valence-corrected chi connectivity index (χ2v) is 6.99. The van der Waals surface area contributed by atoms with Crippen molar-refractivity contribution in [3.8, 4) is 5.75 Å². The van der Waals surface area contributed by atoms with Crippen molar-refractivity contribution >= 4 is 23.5 Å². The number of amides is 1. The normalized spacial score (nSPS) is 20.6. The molecule has 142 valence electrons. The lowest BCUT2D eigenvalue weighted by Crippen LogP contribution is -2.30. The van der Waals surface area contributed by atoms with E-state index in [0.29, 0.717) is 30.2 Å². The molecule has 27 heavy (non-hydrogen) atoms. The van der Waals surface area contributed by atoms with E-state index in [0.717, 1.165) is 11.1 Å². The van der Waals surface area contributed by atoms with Gasteiger partial charge in [0.05, 0.1) is 18.4 Å². The molecule has 3 rings (SSSR count). The predicted octanol–water partition coefficient (Wildman–Crippen LogP) is 3.15. The fraction of sp³-hybridized carbons (Fsp3) is 0.300. The van der Waals surface area contributed by atoms with Crippen molar-refractivity contribution in [2.24, 2.45) is 11.3 Å². The molecule has 1 fully saturated rings. The molecule has 2 aromatic rings. The molecule has 1 aliphatic rings. The molecule has 2 atom stereocenters. The third kappa shape index (κ3) is 4.07. The maximum atomic E-state index is 12.2. The molecule has 2 N–H and O–H groups in total. The number of carbonyl (C=O) groups is 2. The number of esters is 1. The van der Waals surface area contributed by atoms with Gasteiger partial charge in [-0.15, -0.1) is 0 Å². The number of benzene rings is 2. The molecular formula is C20H20ClNO5. The van der Waals surface area contributed by atoms with Gasteiger partial charge in [0.1, 0.15) is 12.4 Å². The Morgan fingerprint density at radius 1 is 1.22 bits per heavy atom. The first-order chi connectivity index (χ1) is 13.0. The van der Waals surface area contributed by atoms with Crippen LogP contribution >= 0.6 is 11.6 Å². The number of methoxy groups -OCH3 is 1. The van der Waals surface area contributed by atoms with Crippen LogP contribution in [0.3, 0.4) is 0 Å². The van der Waals surface area contributed by atoms with Crippen molar-refractivity contribution < 1.29 is 24.3 Å². The zero-order valence-corrected chi connectivity index (χ0v) is 15.5. The molecule has 0 radical (unpaired) electrons. The molecule has 0 bridgehead atoms. The Hall–Kier alpha value is -2.57. The molecule has 0 aliphatic heterocycles. The lowest BCUT2D eigenvalue weighted by Gasteiger charge is -2.15. The Bertz CT molecular complexity index is 839. The topological polar surface area (TPSA) is 84.9 Å². The van der Waals surface area contributed by atoms with Crippen LogP contribution in [0.15, 0.2) is 48.5 Å². The van der Waals surface area contributed by atoms with Gasteiger partial charge in [0.25, 0.3) is 0 Å². The van der Waals surface area contributed by atoms with E-state index in [2.05, 4.69) is 0 Å². The molecule has 0 aromatic heterocycles. The smallest absolute Gasteiger partial charge is 0.312 e. The summed E-state index contributed by atoms with van der Waals surface area (Å²) in [4.78, 5) is 23.9. The molecule has 2 aromatic carbocycles. The molecule has 0 saturated heterocycles. The quantitative estimate of drug-likeness (QED) is 0.431. The number of halogens is 1. The van der Waals surface area contributed by atoms with Crippen molar-refractivity contribution in [2.45, 2.75) is 19.4 Å². The van der Waals surface area contributed by atoms with Gasteiger partial charge in [-0.2, -0.15) is 0 Å². The molecule has 7 heteroatoms. The summed E-state index contributed by atoms with van der Waals surface area (Å²) in [5, 5.41) is 9.48. The minimum Gasteiger partial charge on any atom is -0.489 e. The van der Waals surface area contributed by atoms with E-state index >= 15 is 0 Å². The first-order valence-electron chi connectivity index (χ1n) is 8.47. The fourth-order valence-corrected chi connectivity index (χ4v) is 3.46. The van der Waals surface area contributed by atoms with Crippen molar-refractivity contribution in [3.63, 3.8) is 0 Å². The van der Waals surface area contributed by atoms with Crippen LogP contribution in [0, 0.1) is 11.3 Å². The summed E-state index contributed by atoms with van der Waals surface area (Å²) in [5.41, 5.74) is 2.45. The van der Waals surface area contributed by atoms with E-state index < -0.39 is 23.2 Å². The number of hydrogen-bond donors (Lipinski definition) is 2. The predicted molar refractivity (Wildman–Crippen MR) is 98.4 cm³/mol.